The maximum atomic E-state index is 11.7. The number of carbonyl (C=O) groups excluding carboxylic acids is 1. The van der Waals surface area contributed by atoms with Gasteiger partial charge in [-0.3, -0.25) is 4.79 Å². The highest BCUT2D eigenvalue weighted by Gasteiger charge is 2.05. The summed E-state index contributed by atoms with van der Waals surface area (Å²) in [7, 11) is 0. The van der Waals surface area contributed by atoms with Gasteiger partial charge in [-0.25, -0.2) is 0 Å². The minimum Gasteiger partial charge on any atom is -0.398 e. The molecule has 5 nitrogen and oxygen atoms in total. The van der Waals surface area contributed by atoms with Crippen LogP contribution in [0, 0.1) is 0 Å². The molecule has 0 spiro atoms. The van der Waals surface area contributed by atoms with E-state index in [9.17, 15) is 4.79 Å². The lowest BCUT2D eigenvalue weighted by Gasteiger charge is -2.06. The molecule has 0 unspecified atom stereocenters. The van der Waals surface area contributed by atoms with Crippen molar-refractivity contribution in [2.24, 2.45) is 0 Å². The second-order valence-electron chi connectivity index (χ2n) is 3.87. The number of nitrogens with one attached hydrogen (secondary N) is 1. The Morgan fingerprint density at radius 1 is 1.22 bits per heavy atom. The molecule has 3 N–H and O–H groups in total. The van der Waals surface area contributed by atoms with Gasteiger partial charge in [0, 0.05) is 11.9 Å². The van der Waals surface area contributed by atoms with E-state index in [0.29, 0.717) is 12.2 Å². The average Bonchev–Trinajstić information content (AvgIpc) is 2.40. The number of hydrogen-bond acceptors (Lipinski definition) is 4. The lowest BCUT2D eigenvalue weighted by Crippen LogP contribution is -2.25. The molecule has 0 aliphatic carbocycles. The van der Waals surface area contributed by atoms with Crippen LogP contribution in [0.15, 0.2) is 42.6 Å². The van der Waals surface area contributed by atoms with Gasteiger partial charge in [-0.1, -0.05) is 18.2 Å². The van der Waals surface area contributed by atoms with Crippen LogP contribution in [0.25, 0.3) is 0 Å². The van der Waals surface area contributed by atoms with E-state index in [4.69, 9.17) is 5.73 Å². The summed E-state index contributed by atoms with van der Waals surface area (Å²) in [6.45, 7) is 0.374. The van der Waals surface area contributed by atoms with Crippen LogP contribution >= 0.6 is 0 Å². The van der Waals surface area contributed by atoms with E-state index in [1.807, 2.05) is 24.3 Å². The first-order chi connectivity index (χ1) is 8.75. The van der Waals surface area contributed by atoms with Crippen molar-refractivity contribution in [1.82, 2.24) is 15.5 Å². The topological polar surface area (TPSA) is 80.9 Å². The zero-order valence-electron chi connectivity index (χ0n) is 9.84. The average molecular weight is 242 g/mol. The van der Waals surface area contributed by atoms with E-state index in [0.717, 1.165) is 11.3 Å². The Bertz CT molecular complexity index is 528. The van der Waals surface area contributed by atoms with Crippen LogP contribution in [0.3, 0.4) is 0 Å². The Morgan fingerprint density at radius 2 is 2.06 bits per heavy atom. The van der Waals surface area contributed by atoms with Crippen LogP contribution < -0.4 is 11.1 Å². The fourth-order valence-corrected chi connectivity index (χ4v) is 1.55. The number of hydrogen-bond donors (Lipinski definition) is 2. The zero-order chi connectivity index (χ0) is 12.8. The monoisotopic (exact) mass is 242 g/mol. The number of carbonyl (C=O) groups is 1. The molecule has 0 radical (unpaired) electrons. The standard InChI is InChI=1S/C13H14N4O/c14-12-6-2-1-4-10(12)8-13(18)15-9-11-5-3-7-16-17-11/h1-7H,8-9,14H2,(H,15,18). The number of aromatic nitrogens is 2. The molecular formula is C13H14N4O. The molecule has 0 fully saturated rings. The first kappa shape index (κ1) is 12.0. The minimum atomic E-state index is -0.0847. The van der Waals surface area contributed by atoms with Crippen molar-refractivity contribution in [3.8, 4) is 0 Å². The molecule has 1 aromatic carbocycles. The van der Waals surface area contributed by atoms with E-state index < -0.39 is 0 Å². The summed E-state index contributed by atoms with van der Waals surface area (Å²) in [5.41, 5.74) is 7.96. The molecule has 0 saturated carbocycles. The highest BCUT2D eigenvalue weighted by Crippen LogP contribution is 2.10. The normalized spacial score (nSPS) is 10.0. The number of nitrogen functional groups attached to an aromatic ring is 1. The van der Waals surface area contributed by atoms with Gasteiger partial charge in [-0.2, -0.15) is 10.2 Å². The van der Waals surface area contributed by atoms with Crippen molar-refractivity contribution in [2.45, 2.75) is 13.0 Å². The second-order valence-corrected chi connectivity index (χ2v) is 3.87. The summed E-state index contributed by atoms with van der Waals surface area (Å²) < 4.78 is 0. The van der Waals surface area contributed by atoms with E-state index in [1.54, 1.807) is 18.3 Å². The van der Waals surface area contributed by atoms with Gasteiger partial charge in [0.15, 0.2) is 0 Å². The number of anilines is 1. The van der Waals surface area contributed by atoms with E-state index in [-0.39, 0.29) is 12.3 Å². The Labute approximate surface area is 105 Å². The predicted octanol–water partition coefficient (Wildman–Crippen LogP) is 0.918. The molecule has 0 atom stereocenters. The largest absolute Gasteiger partial charge is 0.398 e. The van der Waals surface area contributed by atoms with Gasteiger partial charge in [0.05, 0.1) is 18.7 Å². The van der Waals surface area contributed by atoms with Crippen molar-refractivity contribution in [3.05, 3.63) is 53.9 Å². The third-order valence-electron chi connectivity index (χ3n) is 2.50. The molecule has 5 heteroatoms. The molecular weight excluding hydrogens is 228 g/mol. The summed E-state index contributed by atoms with van der Waals surface area (Å²) >= 11 is 0. The van der Waals surface area contributed by atoms with E-state index in [2.05, 4.69) is 15.5 Å². The predicted molar refractivity (Wildman–Crippen MR) is 68.4 cm³/mol. The van der Waals surface area contributed by atoms with E-state index >= 15 is 0 Å². The number of nitrogens with zero attached hydrogens (tertiary/aromatic N) is 2. The summed E-state index contributed by atoms with van der Waals surface area (Å²) in [6.07, 6.45) is 1.86. The molecule has 0 aliphatic rings. The van der Waals surface area contributed by atoms with Gasteiger partial charge in [0.1, 0.15) is 0 Å². The Hall–Kier alpha value is -2.43. The van der Waals surface area contributed by atoms with Gasteiger partial charge < -0.3 is 11.1 Å². The van der Waals surface area contributed by atoms with Crippen molar-refractivity contribution >= 4 is 11.6 Å². The number of rotatable bonds is 4. The quantitative estimate of drug-likeness (QED) is 0.781. The lowest BCUT2D eigenvalue weighted by molar-refractivity contribution is -0.120. The second kappa shape index (κ2) is 5.77. The molecule has 18 heavy (non-hydrogen) atoms. The van der Waals surface area contributed by atoms with Crippen LogP contribution in [-0.4, -0.2) is 16.1 Å². The Kier molecular flexibility index (Phi) is 3.86. The molecule has 1 aromatic heterocycles. The van der Waals surface area contributed by atoms with Gasteiger partial charge in [-0.15, -0.1) is 0 Å². The van der Waals surface area contributed by atoms with Crippen molar-refractivity contribution in [1.29, 1.82) is 0 Å². The summed E-state index contributed by atoms with van der Waals surface area (Å²) in [5, 5.41) is 10.4. The van der Waals surface area contributed by atoms with Crippen molar-refractivity contribution < 1.29 is 4.79 Å². The highest BCUT2D eigenvalue weighted by molar-refractivity contribution is 5.80. The Morgan fingerprint density at radius 3 is 2.78 bits per heavy atom. The third-order valence-corrected chi connectivity index (χ3v) is 2.50. The number of amides is 1. The number of benzene rings is 1. The summed E-state index contributed by atoms with van der Waals surface area (Å²) in [6, 6.07) is 10.9. The highest BCUT2D eigenvalue weighted by atomic mass is 16.1. The van der Waals surface area contributed by atoms with Gasteiger partial charge in [-0.05, 0) is 23.8 Å². The summed E-state index contributed by atoms with van der Waals surface area (Å²) in [4.78, 5) is 11.7. The van der Waals surface area contributed by atoms with Gasteiger partial charge in [0.25, 0.3) is 0 Å². The minimum absolute atomic E-state index is 0.0847. The maximum absolute atomic E-state index is 11.7. The molecule has 92 valence electrons. The molecule has 0 bridgehead atoms. The van der Waals surface area contributed by atoms with E-state index in [1.165, 1.54) is 0 Å². The fraction of sp³-hybridized carbons (Fsp3) is 0.154. The van der Waals surface area contributed by atoms with Crippen LogP contribution in [-0.2, 0) is 17.8 Å². The first-order valence-electron chi connectivity index (χ1n) is 5.62. The SMILES string of the molecule is Nc1ccccc1CC(=O)NCc1cccnn1. The molecule has 0 saturated heterocycles. The van der Waals surface area contributed by atoms with Crippen LogP contribution in [0.4, 0.5) is 5.69 Å². The lowest BCUT2D eigenvalue weighted by atomic mass is 10.1. The first-order valence-corrected chi connectivity index (χ1v) is 5.62. The fourth-order valence-electron chi connectivity index (χ4n) is 1.55. The van der Waals surface area contributed by atoms with Crippen LogP contribution in [0.2, 0.25) is 0 Å². The molecule has 1 amide bonds. The molecule has 0 aliphatic heterocycles. The van der Waals surface area contributed by atoms with Crippen LogP contribution in [0.5, 0.6) is 0 Å². The maximum Gasteiger partial charge on any atom is 0.224 e. The Balaban J connectivity index is 1.88. The number of nitrogens with two attached hydrogens (primary N) is 1. The van der Waals surface area contributed by atoms with Gasteiger partial charge >= 0.3 is 0 Å². The zero-order valence-corrected chi connectivity index (χ0v) is 9.84. The van der Waals surface area contributed by atoms with Gasteiger partial charge in [0.2, 0.25) is 5.91 Å². The van der Waals surface area contributed by atoms with Crippen LogP contribution in [0.1, 0.15) is 11.3 Å². The molecule has 1 heterocycles. The molecule has 2 aromatic rings. The molecule has 2 rings (SSSR count). The van der Waals surface area contributed by atoms with Crippen molar-refractivity contribution in [3.63, 3.8) is 0 Å². The third kappa shape index (κ3) is 3.28. The van der Waals surface area contributed by atoms with Crippen molar-refractivity contribution in [2.75, 3.05) is 5.73 Å². The summed E-state index contributed by atoms with van der Waals surface area (Å²) in [5.74, 6) is -0.0847. The number of para-hydroxylation sites is 1. The smallest absolute Gasteiger partial charge is 0.224 e.